The fraction of sp³-hybridized carbons (Fsp3) is 0.556. The van der Waals surface area contributed by atoms with Crippen LogP contribution in [0.15, 0.2) is 25.3 Å². The lowest BCUT2D eigenvalue weighted by Crippen LogP contribution is -2.00. The van der Waals surface area contributed by atoms with E-state index in [1.54, 1.807) is 0 Å². The van der Waals surface area contributed by atoms with Gasteiger partial charge in [0.25, 0.3) is 0 Å². The molecule has 0 aromatic heterocycles. The second-order valence-electron chi connectivity index (χ2n) is 2.48. The molecule has 10 heavy (non-hydrogen) atoms. The van der Waals surface area contributed by atoms with Crippen molar-refractivity contribution >= 4 is 11.8 Å². The van der Waals surface area contributed by atoms with E-state index in [2.05, 4.69) is 27.0 Å². The molecule has 0 nitrogen and oxygen atoms in total. The topological polar surface area (TPSA) is 0 Å². The molecule has 0 aromatic carbocycles. The molecule has 0 amide bonds. The van der Waals surface area contributed by atoms with Gasteiger partial charge in [0.2, 0.25) is 0 Å². The Morgan fingerprint density at radius 2 is 2.00 bits per heavy atom. The predicted molar refractivity (Wildman–Crippen MR) is 51.5 cm³/mol. The summed E-state index contributed by atoms with van der Waals surface area (Å²) in [6.07, 6.45) is 4.97. The molecule has 0 saturated heterocycles. The summed E-state index contributed by atoms with van der Waals surface area (Å²) in [6, 6.07) is 0. The number of hydrogen-bond acceptors (Lipinski definition) is 1. The lowest BCUT2D eigenvalue weighted by molar-refractivity contribution is 1.04. The summed E-state index contributed by atoms with van der Waals surface area (Å²) in [5.41, 5.74) is 0. The van der Waals surface area contributed by atoms with E-state index in [1.165, 1.54) is 0 Å². The van der Waals surface area contributed by atoms with Crippen LogP contribution < -0.4 is 0 Å². The molecule has 0 rings (SSSR count). The van der Waals surface area contributed by atoms with Crippen LogP contribution in [0.3, 0.4) is 0 Å². The van der Waals surface area contributed by atoms with Gasteiger partial charge in [-0.15, -0.1) is 13.2 Å². The third-order valence-electron chi connectivity index (χ3n) is 1.11. The molecule has 0 bridgehead atoms. The molecule has 0 aliphatic rings. The second-order valence-corrected chi connectivity index (χ2v) is 4.30. The highest BCUT2D eigenvalue weighted by Crippen LogP contribution is 2.20. The van der Waals surface area contributed by atoms with Gasteiger partial charge in [0.1, 0.15) is 0 Å². The van der Waals surface area contributed by atoms with Gasteiger partial charge < -0.3 is 0 Å². The number of rotatable bonds is 5. The Hall–Kier alpha value is -0.170. The van der Waals surface area contributed by atoms with E-state index >= 15 is 0 Å². The average molecular weight is 156 g/mol. The highest BCUT2D eigenvalue weighted by atomic mass is 32.2. The minimum absolute atomic E-state index is 0.553. The van der Waals surface area contributed by atoms with Crippen molar-refractivity contribution in [2.75, 3.05) is 0 Å². The van der Waals surface area contributed by atoms with E-state index in [1.807, 2.05) is 23.9 Å². The minimum Gasteiger partial charge on any atom is -0.151 e. The first-order valence-electron chi connectivity index (χ1n) is 3.59. The number of hydrogen-bond donors (Lipinski definition) is 0. The number of thioether (sulfide) groups is 1. The molecule has 0 spiro atoms. The van der Waals surface area contributed by atoms with Crippen LogP contribution in [0.25, 0.3) is 0 Å². The van der Waals surface area contributed by atoms with Crippen molar-refractivity contribution < 1.29 is 0 Å². The van der Waals surface area contributed by atoms with Crippen LogP contribution in [-0.4, -0.2) is 10.5 Å². The van der Waals surface area contributed by atoms with E-state index in [9.17, 15) is 0 Å². The Morgan fingerprint density at radius 1 is 1.40 bits per heavy atom. The van der Waals surface area contributed by atoms with E-state index < -0.39 is 0 Å². The standard InChI is InChI=1S/C9H16S/c1-5-7-9(6-2)10-8(3)4/h5-6,8-9H,1-2,7H2,3-4H3. The fourth-order valence-corrected chi connectivity index (χ4v) is 1.78. The van der Waals surface area contributed by atoms with Crippen molar-refractivity contribution in [3.63, 3.8) is 0 Å². The largest absolute Gasteiger partial charge is 0.151 e. The SMILES string of the molecule is C=CCC(C=C)SC(C)C. The van der Waals surface area contributed by atoms with Crippen molar-refractivity contribution in [2.24, 2.45) is 0 Å². The Kier molecular flexibility index (Phi) is 5.51. The fourth-order valence-electron chi connectivity index (χ4n) is 0.721. The molecule has 0 radical (unpaired) electrons. The van der Waals surface area contributed by atoms with E-state index in [0.29, 0.717) is 10.5 Å². The molecule has 58 valence electrons. The van der Waals surface area contributed by atoms with Crippen molar-refractivity contribution in [1.82, 2.24) is 0 Å². The van der Waals surface area contributed by atoms with Crippen molar-refractivity contribution in [1.29, 1.82) is 0 Å². The van der Waals surface area contributed by atoms with Gasteiger partial charge in [0.05, 0.1) is 0 Å². The van der Waals surface area contributed by atoms with E-state index in [-0.39, 0.29) is 0 Å². The first kappa shape index (κ1) is 9.83. The van der Waals surface area contributed by atoms with Gasteiger partial charge in [-0.1, -0.05) is 26.0 Å². The van der Waals surface area contributed by atoms with Crippen LogP contribution in [0, 0.1) is 0 Å². The Balaban J connectivity index is 3.59. The molecule has 0 N–H and O–H groups in total. The molecule has 0 aliphatic heterocycles. The Morgan fingerprint density at radius 3 is 2.30 bits per heavy atom. The first-order chi connectivity index (χ1) is 4.70. The first-order valence-corrected chi connectivity index (χ1v) is 4.54. The lowest BCUT2D eigenvalue weighted by Gasteiger charge is -2.11. The third kappa shape index (κ3) is 4.68. The van der Waals surface area contributed by atoms with Crippen molar-refractivity contribution in [2.45, 2.75) is 30.8 Å². The van der Waals surface area contributed by atoms with Gasteiger partial charge in [0.15, 0.2) is 0 Å². The maximum atomic E-state index is 3.76. The summed E-state index contributed by atoms with van der Waals surface area (Å²) in [5.74, 6) is 0. The summed E-state index contributed by atoms with van der Waals surface area (Å²) in [4.78, 5) is 0. The van der Waals surface area contributed by atoms with Crippen LogP contribution >= 0.6 is 11.8 Å². The summed E-state index contributed by atoms with van der Waals surface area (Å²) in [7, 11) is 0. The summed E-state index contributed by atoms with van der Waals surface area (Å²) in [6.45, 7) is 11.9. The zero-order chi connectivity index (χ0) is 7.98. The molecule has 0 aliphatic carbocycles. The van der Waals surface area contributed by atoms with Crippen LogP contribution in [0.2, 0.25) is 0 Å². The molecule has 1 unspecified atom stereocenters. The summed E-state index contributed by atoms with van der Waals surface area (Å²) in [5, 5.41) is 1.24. The molecular weight excluding hydrogens is 140 g/mol. The predicted octanol–water partition coefficient (Wildman–Crippen LogP) is 3.26. The second kappa shape index (κ2) is 5.60. The van der Waals surface area contributed by atoms with E-state index in [0.717, 1.165) is 6.42 Å². The Bertz CT molecular complexity index is 105. The highest BCUT2D eigenvalue weighted by Gasteiger charge is 2.03. The van der Waals surface area contributed by atoms with Crippen LogP contribution in [0.4, 0.5) is 0 Å². The maximum absolute atomic E-state index is 3.76. The van der Waals surface area contributed by atoms with Gasteiger partial charge in [-0.2, -0.15) is 11.8 Å². The molecular formula is C9H16S. The van der Waals surface area contributed by atoms with Crippen LogP contribution in [0.1, 0.15) is 20.3 Å². The summed E-state index contributed by atoms with van der Waals surface area (Å²) < 4.78 is 0. The van der Waals surface area contributed by atoms with Gasteiger partial charge in [-0.25, -0.2) is 0 Å². The van der Waals surface area contributed by atoms with Crippen LogP contribution in [-0.2, 0) is 0 Å². The average Bonchev–Trinajstić information content (AvgIpc) is 1.86. The normalized spacial score (nSPS) is 13.1. The summed E-state index contributed by atoms with van der Waals surface area (Å²) >= 11 is 1.93. The van der Waals surface area contributed by atoms with Crippen LogP contribution in [0.5, 0.6) is 0 Å². The van der Waals surface area contributed by atoms with Gasteiger partial charge in [-0.05, 0) is 11.7 Å². The van der Waals surface area contributed by atoms with E-state index in [4.69, 9.17) is 0 Å². The quantitative estimate of drug-likeness (QED) is 0.551. The zero-order valence-electron chi connectivity index (χ0n) is 6.84. The monoisotopic (exact) mass is 156 g/mol. The van der Waals surface area contributed by atoms with Crippen molar-refractivity contribution in [3.8, 4) is 0 Å². The molecule has 0 saturated carbocycles. The smallest absolute Gasteiger partial charge is 0.0261 e. The highest BCUT2D eigenvalue weighted by molar-refractivity contribution is 8.00. The molecule has 1 heteroatoms. The number of allylic oxidation sites excluding steroid dienone is 1. The third-order valence-corrected chi connectivity index (χ3v) is 2.39. The molecule has 1 atom stereocenters. The van der Waals surface area contributed by atoms with Gasteiger partial charge >= 0.3 is 0 Å². The maximum Gasteiger partial charge on any atom is 0.0261 e. The van der Waals surface area contributed by atoms with Crippen molar-refractivity contribution in [3.05, 3.63) is 25.3 Å². The van der Waals surface area contributed by atoms with Gasteiger partial charge in [0, 0.05) is 5.25 Å². The molecule has 0 fully saturated rings. The minimum atomic E-state index is 0.553. The Labute approximate surface area is 68.4 Å². The van der Waals surface area contributed by atoms with Gasteiger partial charge in [-0.3, -0.25) is 0 Å². The lowest BCUT2D eigenvalue weighted by atomic mass is 10.3. The zero-order valence-corrected chi connectivity index (χ0v) is 7.66. The molecule has 0 aromatic rings. The molecule has 0 heterocycles.